The third kappa shape index (κ3) is 3.84. The fourth-order valence-electron chi connectivity index (χ4n) is 1.66. The van der Waals surface area contributed by atoms with Gasteiger partial charge < -0.3 is 21.5 Å². The minimum absolute atomic E-state index is 0.0158. The van der Waals surface area contributed by atoms with Gasteiger partial charge in [-0.05, 0) is 18.9 Å². The van der Waals surface area contributed by atoms with Crippen molar-refractivity contribution in [1.82, 2.24) is 4.98 Å². The summed E-state index contributed by atoms with van der Waals surface area (Å²) in [5.41, 5.74) is 11.4. The SMILES string of the molecule is CCOC(=O)c1cc(NC(C(N)=O)C(C)C)ncc1N. The molecule has 110 valence electrons. The number of nitrogens with one attached hydrogen (secondary N) is 1. The Kier molecular flexibility index (Phi) is 5.31. The van der Waals surface area contributed by atoms with E-state index < -0.39 is 17.9 Å². The van der Waals surface area contributed by atoms with Crippen molar-refractivity contribution in [3.63, 3.8) is 0 Å². The summed E-state index contributed by atoms with van der Waals surface area (Å²) in [5.74, 6) is -0.690. The quantitative estimate of drug-likeness (QED) is 0.662. The van der Waals surface area contributed by atoms with Gasteiger partial charge in [0.15, 0.2) is 0 Å². The molecule has 1 heterocycles. The summed E-state index contributed by atoms with van der Waals surface area (Å²) >= 11 is 0. The Balaban J connectivity index is 3.00. The van der Waals surface area contributed by atoms with Gasteiger partial charge in [-0.1, -0.05) is 13.8 Å². The van der Waals surface area contributed by atoms with Gasteiger partial charge in [-0.15, -0.1) is 0 Å². The first-order chi connectivity index (χ1) is 9.36. The molecule has 0 saturated carbocycles. The lowest BCUT2D eigenvalue weighted by molar-refractivity contribution is -0.119. The average Bonchev–Trinajstić information content (AvgIpc) is 2.37. The van der Waals surface area contributed by atoms with Gasteiger partial charge in [0.2, 0.25) is 5.91 Å². The average molecular weight is 280 g/mol. The second-order valence-electron chi connectivity index (χ2n) is 4.65. The Morgan fingerprint density at radius 2 is 2.10 bits per heavy atom. The van der Waals surface area contributed by atoms with Crippen molar-refractivity contribution >= 4 is 23.4 Å². The molecule has 0 spiro atoms. The van der Waals surface area contributed by atoms with Crippen LogP contribution in [-0.4, -0.2) is 29.5 Å². The lowest BCUT2D eigenvalue weighted by Gasteiger charge is -2.20. The number of nitrogens with zero attached hydrogens (tertiary/aromatic N) is 1. The molecule has 20 heavy (non-hydrogen) atoms. The third-order valence-electron chi connectivity index (χ3n) is 2.71. The van der Waals surface area contributed by atoms with Crippen molar-refractivity contribution < 1.29 is 14.3 Å². The Hall–Kier alpha value is -2.31. The number of esters is 1. The van der Waals surface area contributed by atoms with Crippen LogP contribution in [0.3, 0.4) is 0 Å². The number of carbonyl (C=O) groups is 2. The fraction of sp³-hybridized carbons (Fsp3) is 0.462. The molecule has 7 heteroatoms. The molecule has 5 N–H and O–H groups in total. The molecule has 0 radical (unpaired) electrons. The van der Waals surface area contributed by atoms with E-state index in [2.05, 4.69) is 10.3 Å². The van der Waals surface area contributed by atoms with Crippen molar-refractivity contribution in [2.45, 2.75) is 26.8 Å². The van der Waals surface area contributed by atoms with Crippen molar-refractivity contribution in [2.24, 2.45) is 11.7 Å². The van der Waals surface area contributed by atoms with E-state index in [0.717, 1.165) is 0 Å². The summed E-state index contributed by atoms with van der Waals surface area (Å²) in [6.45, 7) is 5.66. The number of aromatic nitrogens is 1. The minimum Gasteiger partial charge on any atom is -0.462 e. The van der Waals surface area contributed by atoms with Crippen LogP contribution in [0.4, 0.5) is 11.5 Å². The summed E-state index contributed by atoms with van der Waals surface area (Å²) in [6, 6.07) is 0.868. The molecule has 0 aliphatic heterocycles. The van der Waals surface area contributed by atoms with E-state index in [1.807, 2.05) is 13.8 Å². The normalized spacial score (nSPS) is 12.0. The summed E-state index contributed by atoms with van der Waals surface area (Å²) in [4.78, 5) is 27.1. The molecule has 1 unspecified atom stereocenters. The predicted molar refractivity (Wildman–Crippen MR) is 76.0 cm³/mol. The highest BCUT2D eigenvalue weighted by atomic mass is 16.5. The van der Waals surface area contributed by atoms with Crippen molar-refractivity contribution in [3.05, 3.63) is 17.8 Å². The maximum Gasteiger partial charge on any atom is 0.340 e. The number of nitrogens with two attached hydrogens (primary N) is 2. The van der Waals surface area contributed by atoms with Gasteiger partial charge in [-0.25, -0.2) is 9.78 Å². The number of primary amides is 1. The number of hydrogen-bond donors (Lipinski definition) is 3. The number of hydrogen-bond acceptors (Lipinski definition) is 6. The van der Waals surface area contributed by atoms with E-state index in [0.29, 0.717) is 5.82 Å². The van der Waals surface area contributed by atoms with E-state index in [4.69, 9.17) is 16.2 Å². The van der Waals surface area contributed by atoms with Crippen LogP contribution in [0.5, 0.6) is 0 Å². The zero-order valence-electron chi connectivity index (χ0n) is 11.8. The molecule has 0 fully saturated rings. The van der Waals surface area contributed by atoms with Crippen LogP contribution in [0.2, 0.25) is 0 Å². The number of nitrogen functional groups attached to an aromatic ring is 1. The number of anilines is 2. The maximum absolute atomic E-state index is 11.7. The van der Waals surface area contributed by atoms with Gasteiger partial charge in [0.1, 0.15) is 11.9 Å². The number of rotatable bonds is 6. The number of ether oxygens (including phenoxy) is 1. The second-order valence-corrected chi connectivity index (χ2v) is 4.65. The third-order valence-corrected chi connectivity index (χ3v) is 2.71. The van der Waals surface area contributed by atoms with E-state index in [1.165, 1.54) is 12.3 Å². The highest BCUT2D eigenvalue weighted by molar-refractivity contribution is 5.95. The molecule has 0 aromatic carbocycles. The molecule has 1 amide bonds. The van der Waals surface area contributed by atoms with Crippen LogP contribution >= 0.6 is 0 Å². The molecule has 1 rings (SSSR count). The Morgan fingerprint density at radius 1 is 1.45 bits per heavy atom. The Morgan fingerprint density at radius 3 is 2.60 bits per heavy atom. The standard InChI is InChI=1S/C13H20N4O3/c1-4-20-13(19)8-5-10(16-6-9(8)14)17-11(7(2)3)12(15)18/h5-7,11H,4,14H2,1-3H3,(H2,15,18)(H,16,17). The summed E-state index contributed by atoms with van der Waals surface area (Å²) in [5, 5.41) is 2.89. The van der Waals surface area contributed by atoms with E-state index >= 15 is 0 Å². The first kappa shape index (κ1) is 15.7. The van der Waals surface area contributed by atoms with Crippen molar-refractivity contribution in [2.75, 3.05) is 17.7 Å². The number of amides is 1. The van der Waals surface area contributed by atoms with E-state index in [9.17, 15) is 9.59 Å². The zero-order valence-corrected chi connectivity index (χ0v) is 11.8. The molecule has 0 saturated heterocycles. The van der Waals surface area contributed by atoms with E-state index in [-0.39, 0.29) is 23.8 Å². The van der Waals surface area contributed by atoms with Crippen molar-refractivity contribution in [3.8, 4) is 0 Å². The molecule has 0 aliphatic rings. The van der Waals surface area contributed by atoms with Crippen LogP contribution in [0.15, 0.2) is 12.3 Å². The monoisotopic (exact) mass is 280 g/mol. The van der Waals surface area contributed by atoms with Crippen LogP contribution < -0.4 is 16.8 Å². The maximum atomic E-state index is 11.7. The zero-order chi connectivity index (χ0) is 15.3. The number of pyridine rings is 1. The van der Waals surface area contributed by atoms with Gasteiger partial charge in [-0.3, -0.25) is 4.79 Å². The van der Waals surface area contributed by atoms with Gasteiger partial charge in [0.05, 0.1) is 24.1 Å². The van der Waals surface area contributed by atoms with Crippen LogP contribution in [-0.2, 0) is 9.53 Å². The Bertz CT molecular complexity index is 502. The van der Waals surface area contributed by atoms with Crippen molar-refractivity contribution in [1.29, 1.82) is 0 Å². The van der Waals surface area contributed by atoms with Gasteiger partial charge in [0.25, 0.3) is 0 Å². The first-order valence-corrected chi connectivity index (χ1v) is 6.35. The first-order valence-electron chi connectivity index (χ1n) is 6.35. The molecule has 0 aliphatic carbocycles. The molecule has 0 bridgehead atoms. The van der Waals surface area contributed by atoms with Gasteiger partial charge in [0, 0.05) is 0 Å². The number of carbonyl (C=O) groups excluding carboxylic acids is 2. The lowest BCUT2D eigenvalue weighted by atomic mass is 10.0. The topological polar surface area (TPSA) is 120 Å². The molecule has 7 nitrogen and oxygen atoms in total. The van der Waals surface area contributed by atoms with Gasteiger partial charge >= 0.3 is 5.97 Å². The molecule has 1 aromatic rings. The molecule has 1 aromatic heterocycles. The second kappa shape index (κ2) is 6.74. The predicted octanol–water partition coefficient (Wildman–Crippen LogP) is 0.762. The Labute approximate surface area is 117 Å². The molecule has 1 atom stereocenters. The summed E-state index contributed by atoms with van der Waals surface area (Å²) in [6.07, 6.45) is 1.34. The largest absolute Gasteiger partial charge is 0.462 e. The van der Waals surface area contributed by atoms with Crippen LogP contribution in [0.1, 0.15) is 31.1 Å². The fourth-order valence-corrected chi connectivity index (χ4v) is 1.66. The van der Waals surface area contributed by atoms with Crippen LogP contribution in [0.25, 0.3) is 0 Å². The van der Waals surface area contributed by atoms with Gasteiger partial charge in [-0.2, -0.15) is 0 Å². The summed E-state index contributed by atoms with van der Waals surface area (Å²) < 4.78 is 4.90. The minimum atomic E-state index is -0.582. The van der Waals surface area contributed by atoms with E-state index in [1.54, 1.807) is 6.92 Å². The smallest absolute Gasteiger partial charge is 0.340 e. The molecular formula is C13H20N4O3. The lowest BCUT2D eigenvalue weighted by Crippen LogP contribution is -2.39. The van der Waals surface area contributed by atoms with Crippen LogP contribution in [0, 0.1) is 5.92 Å². The highest BCUT2D eigenvalue weighted by Gasteiger charge is 2.21. The summed E-state index contributed by atoms with van der Waals surface area (Å²) in [7, 11) is 0. The highest BCUT2D eigenvalue weighted by Crippen LogP contribution is 2.18. The molecular weight excluding hydrogens is 260 g/mol.